The summed E-state index contributed by atoms with van der Waals surface area (Å²) in [6.07, 6.45) is 0. The zero-order chi connectivity index (χ0) is 20.5. The van der Waals surface area contributed by atoms with E-state index in [0.29, 0.717) is 21.2 Å². The minimum atomic E-state index is -0.540. The standard InChI is InChI=1S/C22H14Cl2N2O3/c23-16-9-5-14(6-10-16)13-25(20(27)15-7-11-17(24)12-8-15)26-21(28)18-3-1-2-4-19(18)22(26)29/h1-12H,13H2. The van der Waals surface area contributed by atoms with Crippen LogP contribution >= 0.6 is 23.2 Å². The maximum Gasteiger partial charge on any atom is 0.280 e. The minimum Gasteiger partial charge on any atom is -0.267 e. The Balaban J connectivity index is 1.75. The number of amides is 3. The van der Waals surface area contributed by atoms with Crippen molar-refractivity contribution in [3.63, 3.8) is 0 Å². The maximum atomic E-state index is 13.3. The normalized spacial score (nSPS) is 12.8. The molecule has 1 aliphatic heterocycles. The van der Waals surface area contributed by atoms with Gasteiger partial charge in [-0.05, 0) is 54.1 Å². The molecule has 0 fully saturated rings. The van der Waals surface area contributed by atoms with Crippen LogP contribution in [0.2, 0.25) is 10.0 Å². The first-order chi connectivity index (χ1) is 14.0. The average Bonchev–Trinajstić information content (AvgIpc) is 2.98. The van der Waals surface area contributed by atoms with Gasteiger partial charge in [-0.1, -0.05) is 47.5 Å². The van der Waals surface area contributed by atoms with Gasteiger partial charge in [0.25, 0.3) is 17.7 Å². The molecule has 0 bridgehead atoms. The quantitative estimate of drug-likeness (QED) is 0.562. The summed E-state index contributed by atoms with van der Waals surface area (Å²) in [4.78, 5) is 39.2. The highest BCUT2D eigenvalue weighted by Crippen LogP contribution is 2.27. The van der Waals surface area contributed by atoms with Crippen LogP contribution in [0.15, 0.2) is 72.8 Å². The number of rotatable bonds is 4. The third-order valence-electron chi connectivity index (χ3n) is 4.59. The van der Waals surface area contributed by atoms with Crippen LogP contribution in [0.4, 0.5) is 0 Å². The molecule has 5 nitrogen and oxygen atoms in total. The van der Waals surface area contributed by atoms with Crippen molar-refractivity contribution in [3.8, 4) is 0 Å². The number of carbonyl (C=O) groups excluding carboxylic acids is 3. The Hall–Kier alpha value is -3.15. The second-order valence-electron chi connectivity index (χ2n) is 6.46. The van der Waals surface area contributed by atoms with Gasteiger partial charge in [-0.25, -0.2) is 5.01 Å². The molecule has 0 saturated carbocycles. The largest absolute Gasteiger partial charge is 0.280 e. The Bertz CT molecular complexity index is 1080. The van der Waals surface area contributed by atoms with Crippen LogP contribution in [0.1, 0.15) is 36.6 Å². The van der Waals surface area contributed by atoms with E-state index >= 15 is 0 Å². The highest BCUT2D eigenvalue weighted by atomic mass is 35.5. The van der Waals surface area contributed by atoms with E-state index in [1.807, 2.05) is 0 Å². The molecular formula is C22H14Cl2N2O3. The molecular weight excluding hydrogens is 411 g/mol. The van der Waals surface area contributed by atoms with Gasteiger partial charge in [0, 0.05) is 15.6 Å². The smallest absolute Gasteiger partial charge is 0.267 e. The van der Waals surface area contributed by atoms with Gasteiger partial charge in [0.15, 0.2) is 0 Å². The topological polar surface area (TPSA) is 57.7 Å². The lowest BCUT2D eigenvalue weighted by Crippen LogP contribution is -2.49. The van der Waals surface area contributed by atoms with Gasteiger partial charge in [0.2, 0.25) is 0 Å². The Morgan fingerprint density at radius 2 is 1.24 bits per heavy atom. The summed E-state index contributed by atoms with van der Waals surface area (Å²) in [6.45, 7) is 0.0180. The van der Waals surface area contributed by atoms with Crippen molar-refractivity contribution >= 4 is 40.9 Å². The van der Waals surface area contributed by atoms with Crippen molar-refractivity contribution in [3.05, 3.63) is 105 Å². The van der Waals surface area contributed by atoms with Crippen LogP contribution in [0.3, 0.4) is 0 Å². The van der Waals surface area contributed by atoms with E-state index < -0.39 is 17.7 Å². The summed E-state index contributed by atoms with van der Waals surface area (Å²) in [7, 11) is 0. The number of imide groups is 1. The lowest BCUT2D eigenvalue weighted by atomic mass is 10.1. The van der Waals surface area contributed by atoms with Gasteiger partial charge in [-0.15, -0.1) is 0 Å². The molecule has 0 aliphatic carbocycles. The van der Waals surface area contributed by atoms with Crippen molar-refractivity contribution in [1.29, 1.82) is 0 Å². The summed E-state index contributed by atoms with van der Waals surface area (Å²) < 4.78 is 0. The molecule has 1 aliphatic rings. The molecule has 0 saturated heterocycles. The maximum absolute atomic E-state index is 13.3. The van der Waals surface area contributed by atoms with Gasteiger partial charge in [0.1, 0.15) is 0 Å². The zero-order valence-electron chi connectivity index (χ0n) is 15.0. The van der Waals surface area contributed by atoms with Crippen LogP contribution in [0.25, 0.3) is 0 Å². The van der Waals surface area contributed by atoms with Gasteiger partial charge in [-0.2, -0.15) is 5.01 Å². The highest BCUT2D eigenvalue weighted by molar-refractivity contribution is 6.31. The molecule has 3 aromatic carbocycles. The van der Waals surface area contributed by atoms with E-state index in [-0.39, 0.29) is 17.7 Å². The number of carbonyl (C=O) groups is 3. The number of fused-ring (bicyclic) bond motifs is 1. The van der Waals surface area contributed by atoms with Crippen molar-refractivity contribution in [2.75, 3.05) is 0 Å². The zero-order valence-corrected chi connectivity index (χ0v) is 16.5. The van der Waals surface area contributed by atoms with Crippen LogP contribution in [-0.4, -0.2) is 27.7 Å². The van der Waals surface area contributed by atoms with Gasteiger partial charge in [0.05, 0.1) is 17.7 Å². The van der Waals surface area contributed by atoms with E-state index in [9.17, 15) is 14.4 Å². The summed E-state index contributed by atoms with van der Waals surface area (Å²) in [6, 6.07) is 19.6. The number of hydrogen-bond donors (Lipinski definition) is 0. The first-order valence-electron chi connectivity index (χ1n) is 8.75. The number of hydrazine groups is 1. The van der Waals surface area contributed by atoms with E-state index in [1.165, 1.54) is 0 Å². The molecule has 144 valence electrons. The van der Waals surface area contributed by atoms with E-state index in [0.717, 1.165) is 10.0 Å². The lowest BCUT2D eigenvalue weighted by Gasteiger charge is -2.30. The fourth-order valence-electron chi connectivity index (χ4n) is 3.13. The Morgan fingerprint density at radius 3 is 1.76 bits per heavy atom. The summed E-state index contributed by atoms with van der Waals surface area (Å²) >= 11 is 11.9. The van der Waals surface area contributed by atoms with Crippen LogP contribution in [0, 0.1) is 0 Å². The fraction of sp³-hybridized carbons (Fsp3) is 0.0455. The summed E-state index contributed by atoms with van der Waals surface area (Å²) in [5.41, 5.74) is 1.55. The van der Waals surface area contributed by atoms with Gasteiger partial charge < -0.3 is 0 Å². The number of hydrogen-bond acceptors (Lipinski definition) is 3. The fourth-order valence-corrected chi connectivity index (χ4v) is 3.39. The molecule has 7 heteroatoms. The molecule has 0 atom stereocenters. The predicted molar refractivity (Wildman–Crippen MR) is 110 cm³/mol. The lowest BCUT2D eigenvalue weighted by molar-refractivity contribution is 0.000871. The summed E-state index contributed by atoms with van der Waals surface area (Å²) in [5.74, 6) is -1.57. The number of halogens is 2. The Kier molecular flexibility index (Phi) is 5.09. The molecule has 0 spiro atoms. The first kappa shape index (κ1) is 19.2. The average molecular weight is 425 g/mol. The van der Waals surface area contributed by atoms with E-state index in [1.54, 1.807) is 72.8 Å². The monoisotopic (exact) mass is 424 g/mol. The Morgan fingerprint density at radius 1 is 0.759 bits per heavy atom. The molecule has 3 amide bonds. The predicted octanol–water partition coefficient (Wildman–Crippen LogP) is 4.85. The number of benzene rings is 3. The molecule has 0 aromatic heterocycles. The van der Waals surface area contributed by atoms with Crippen molar-refractivity contribution in [2.45, 2.75) is 6.54 Å². The molecule has 0 unspecified atom stereocenters. The number of nitrogens with zero attached hydrogens (tertiary/aromatic N) is 2. The van der Waals surface area contributed by atoms with Gasteiger partial charge >= 0.3 is 0 Å². The molecule has 4 rings (SSSR count). The second-order valence-corrected chi connectivity index (χ2v) is 7.34. The highest BCUT2D eigenvalue weighted by Gasteiger charge is 2.41. The molecule has 0 radical (unpaired) electrons. The van der Waals surface area contributed by atoms with Crippen LogP contribution < -0.4 is 0 Å². The SMILES string of the molecule is O=C(c1ccc(Cl)cc1)N(Cc1ccc(Cl)cc1)N1C(=O)c2ccccc2C1=O. The van der Waals surface area contributed by atoms with Crippen molar-refractivity contribution in [1.82, 2.24) is 10.0 Å². The minimum absolute atomic E-state index is 0.0180. The van der Waals surface area contributed by atoms with Crippen LogP contribution in [0.5, 0.6) is 0 Å². The molecule has 3 aromatic rings. The van der Waals surface area contributed by atoms with E-state index in [4.69, 9.17) is 23.2 Å². The van der Waals surface area contributed by atoms with Gasteiger partial charge in [-0.3, -0.25) is 14.4 Å². The van der Waals surface area contributed by atoms with Crippen molar-refractivity contribution in [2.24, 2.45) is 0 Å². The van der Waals surface area contributed by atoms with E-state index in [2.05, 4.69) is 0 Å². The first-order valence-corrected chi connectivity index (χ1v) is 9.51. The second kappa shape index (κ2) is 7.70. The molecule has 29 heavy (non-hydrogen) atoms. The van der Waals surface area contributed by atoms with Crippen LogP contribution in [-0.2, 0) is 6.54 Å². The Labute approximate surface area is 177 Å². The molecule has 1 heterocycles. The van der Waals surface area contributed by atoms with Crippen molar-refractivity contribution < 1.29 is 14.4 Å². The summed E-state index contributed by atoms with van der Waals surface area (Å²) in [5, 5.41) is 3.07. The third-order valence-corrected chi connectivity index (χ3v) is 5.09. The molecule has 0 N–H and O–H groups in total. The third kappa shape index (κ3) is 3.62.